The monoisotopic (exact) mass is 98.0 g/mol. The largest absolute Gasteiger partial charge is 0.0808 e. The zero-order valence-corrected chi connectivity index (χ0v) is 4.24. The summed E-state index contributed by atoms with van der Waals surface area (Å²) in [5, 5.41) is 0. The van der Waals surface area contributed by atoms with Crippen molar-refractivity contribution in [1.82, 2.24) is 0 Å². The summed E-state index contributed by atoms with van der Waals surface area (Å²) in [5.41, 5.74) is 0. The van der Waals surface area contributed by atoms with Crippen molar-refractivity contribution >= 4 is 13.5 Å². The van der Waals surface area contributed by atoms with Crippen LogP contribution in [0.4, 0.5) is 0 Å². The minimum atomic E-state index is 0. The zero-order chi connectivity index (χ0) is 3.54. The molecule has 32 valence electrons. The van der Waals surface area contributed by atoms with Gasteiger partial charge in [0.15, 0.2) is 0 Å². The molecule has 2 radical (unpaired) electrons. The Morgan fingerprint density at radius 3 is 1.67 bits per heavy atom. The smallest absolute Gasteiger partial charge is 0 e. The third-order valence-corrected chi connectivity index (χ3v) is 0.655. The van der Waals surface area contributed by atoms with Crippen LogP contribution in [0.25, 0.3) is 0 Å². The van der Waals surface area contributed by atoms with Crippen molar-refractivity contribution in [2.45, 2.75) is 6.42 Å². The summed E-state index contributed by atoms with van der Waals surface area (Å²) in [6.07, 6.45) is 9.50. The molecule has 0 aromatic carbocycles. The number of hydrogen-bond donors (Lipinski definition) is 0. The molecule has 0 heterocycles. The van der Waals surface area contributed by atoms with Gasteiger partial charge in [0.05, 0.1) is 0 Å². The first-order valence-corrected chi connectivity index (χ1v) is 1.82. The maximum absolute atomic E-state index is 2.12. The van der Waals surface area contributed by atoms with E-state index < -0.39 is 0 Å². The van der Waals surface area contributed by atoms with E-state index in [-0.39, 0.29) is 13.5 Å². The van der Waals surface area contributed by atoms with E-state index in [1.54, 1.807) is 0 Å². The van der Waals surface area contributed by atoms with Crippen molar-refractivity contribution in [2.75, 3.05) is 0 Å². The minimum absolute atomic E-state index is 0. The minimum Gasteiger partial charge on any atom is -0.0808 e. The summed E-state index contributed by atoms with van der Waals surface area (Å²) in [7, 11) is 0. The van der Waals surface area contributed by atoms with Crippen LogP contribution < -0.4 is 0 Å². The molecule has 0 amide bonds. The first-order valence-electron chi connectivity index (χ1n) is 1.82. The molecule has 6 heavy (non-hydrogen) atoms. The van der Waals surface area contributed by atoms with Crippen LogP contribution in [0.3, 0.4) is 0 Å². The van der Waals surface area contributed by atoms with Gasteiger partial charge in [0, 0.05) is 13.5 Å². The standard InChI is InChI=1S/C5H6.S/c1-2-4-5-3-1;/h1-4H,5H2;. The van der Waals surface area contributed by atoms with Crippen molar-refractivity contribution in [2.24, 2.45) is 0 Å². The molecule has 0 spiro atoms. The third-order valence-electron chi connectivity index (χ3n) is 0.655. The van der Waals surface area contributed by atoms with Crippen LogP contribution in [0.2, 0.25) is 0 Å². The average Bonchev–Trinajstić information content (AvgIpc) is 1.76. The fourth-order valence-electron chi connectivity index (χ4n) is 0.393. The van der Waals surface area contributed by atoms with Gasteiger partial charge < -0.3 is 0 Å². The van der Waals surface area contributed by atoms with Crippen LogP contribution in [0, 0.1) is 0 Å². The molecule has 0 nitrogen and oxygen atoms in total. The molecule has 0 bridgehead atoms. The van der Waals surface area contributed by atoms with Gasteiger partial charge in [-0.05, 0) is 6.42 Å². The lowest BCUT2D eigenvalue weighted by Gasteiger charge is -1.57. The Bertz CT molecular complexity index is 62.0. The Morgan fingerprint density at radius 2 is 1.50 bits per heavy atom. The Balaban J connectivity index is 0.000000250. The number of hydrogen-bond acceptors (Lipinski definition) is 0. The Labute approximate surface area is 45.0 Å². The lowest BCUT2D eigenvalue weighted by atomic mass is 10.5. The SMILES string of the molecule is C1=CCC=C1.[S]. The maximum Gasteiger partial charge on any atom is 0 e. The van der Waals surface area contributed by atoms with E-state index in [2.05, 4.69) is 24.3 Å². The van der Waals surface area contributed by atoms with Crippen LogP contribution in [0.15, 0.2) is 24.3 Å². The number of allylic oxidation sites excluding steroid dienone is 4. The summed E-state index contributed by atoms with van der Waals surface area (Å²) in [4.78, 5) is 0. The summed E-state index contributed by atoms with van der Waals surface area (Å²) in [5.74, 6) is 0. The first-order chi connectivity index (χ1) is 2.50. The third kappa shape index (κ3) is 1.31. The molecule has 0 aromatic heterocycles. The molecule has 1 aliphatic carbocycles. The van der Waals surface area contributed by atoms with Gasteiger partial charge in [-0.1, -0.05) is 24.3 Å². The molecule has 0 unspecified atom stereocenters. The van der Waals surface area contributed by atoms with Crippen LogP contribution in [-0.4, -0.2) is 0 Å². The van der Waals surface area contributed by atoms with E-state index in [1.165, 1.54) is 0 Å². The van der Waals surface area contributed by atoms with Crippen LogP contribution >= 0.6 is 13.5 Å². The highest BCUT2D eigenvalue weighted by Gasteiger charge is 1.72. The van der Waals surface area contributed by atoms with Gasteiger partial charge in [0.25, 0.3) is 0 Å². The molecular formula is C5H6S. The summed E-state index contributed by atoms with van der Waals surface area (Å²) < 4.78 is 0. The highest BCUT2D eigenvalue weighted by Crippen LogP contribution is 1.93. The van der Waals surface area contributed by atoms with Crippen molar-refractivity contribution in [3.63, 3.8) is 0 Å². The summed E-state index contributed by atoms with van der Waals surface area (Å²) in [6, 6.07) is 0. The zero-order valence-electron chi connectivity index (χ0n) is 3.42. The molecule has 0 saturated carbocycles. The number of rotatable bonds is 0. The highest BCUT2D eigenvalue weighted by atomic mass is 32.1. The molecule has 1 aliphatic rings. The van der Waals surface area contributed by atoms with Gasteiger partial charge in [0.2, 0.25) is 0 Å². The molecule has 1 heteroatoms. The van der Waals surface area contributed by atoms with Gasteiger partial charge in [0.1, 0.15) is 0 Å². The molecule has 0 aliphatic heterocycles. The second-order valence-corrected chi connectivity index (χ2v) is 1.09. The first kappa shape index (κ1) is 5.83. The second-order valence-electron chi connectivity index (χ2n) is 1.09. The molecule has 0 fully saturated rings. The molecule has 0 N–H and O–H groups in total. The van der Waals surface area contributed by atoms with E-state index >= 15 is 0 Å². The molecule has 0 atom stereocenters. The lowest BCUT2D eigenvalue weighted by molar-refractivity contribution is 1.45. The molecule has 1 rings (SSSR count). The topological polar surface area (TPSA) is 0 Å². The fraction of sp³-hybridized carbons (Fsp3) is 0.200. The summed E-state index contributed by atoms with van der Waals surface area (Å²) >= 11 is 0. The lowest BCUT2D eigenvalue weighted by Crippen LogP contribution is -1.37. The van der Waals surface area contributed by atoms with Crippen molar-refractivity contribution < 1.29 is 0 Å². The van der Waals surface area contributed by atoms with Crippen molar-refractivity contribution in [3.8, 4) is 0 Å². The van der Waals surface area contributed by atoms with Crippen LogP contribution in [0.5, 0.6) is 0 Å². The average molecular weight is 98.2 g/mol. The quantitative estimate of drug-likeness (QED) is 0.435. The van der Waals surface area contributed by atoms with E-state index in [9.17, 15) is 0 Å². The van der Waals surface area contributed by atoms with E-state index in [4.69, 9.17) is 0 Å². The summed E-state index contributed by atoms with van der Waals surface area (Å²) in [6.45, 7) is 0. The normalized spacial score (nSPS) is 14.7. The molecule has 0 aromatic rings. The van der Waals surface area contributed by atoms with E-state index in [1.807, 2.05) is 0 Å². The van der Waals surface area contributed by atoms with Gasteiger partial charge in [-0.25, -0.2) is 0 Å². The Morgan fingerprint density at radius 1 is 1.00 bits per heavy atom. The van der Waals surface area contributed by atoms with Gasteiger partial charge in [-0.2, -0.15) is 0 Å². The second kappa shape index (κ2) is 3.04. The highest BCUT2D eigenvalue weighted by molar-refractivity contribution is 7.59. The van der Waals surface area contributed by atoms with Crippen LogP contribution in [0.1, 0.15) is 6.42 Å². The van der Waals surface area contributed by atoms with E-state index in [0.29, 0.717) is 0 Å². The molecule has 0 saturated heterocycles. The van der Waals surface area contributed by atoms with Crippen LogP contribution in [-0.2, 0) is 0 Å². The van der Waals surface area contributed by atoms with E-state index in [0.717, 1.165) is 6.42 Å². The van der Waals surface area contributed by atoms with Gasteiger partial charge in [-0.3, -0.25) is 0 Å². The Kier molecular flexibility index (Phi) is 2.95. The molecular weight excluding hydrogens is 92.1 g/mol. The van der Waals surface area contributed by atoms with Crippen molar-refractivity contribution in [1.29, 1.82) is 0 Å². The predicted octanol–water partition coefficient (Wildman–Crippen LogP) is 2.15. The Hall–Kier alpha value is -0.170. The maximum atomic E-state index is 2.12. The van der Waals surface area contributed by atoms with Gasteiger partial charge >= 0.3 is 0 Å². The van der Waals surface area contributed by atoms with Crippen molar-refractivity contribution in [3.05, 3.63) is 24.3 Å². The van der Waals surface area contributed by atoms with Gasteiger partial charge in [-0.15, -0.1) is 0 Å². The fourth-order valence-corrected chi connectivity index (χ4v) is 0.393. The predicted molar refractivity (Wildman–Crippen MR) is 30.5 cm³/mol.